The summed E-state index contributed by atoms with van der Waals surface area (Å²) in [4.78, 5) is 19.5. The van der Waals surface area contributed by atoms with Crippen LogP contribution in [0.25, 0.3) is 0 Å². The molecule has 24 heavy (non-hydrogen) atoms. The lowest BCUT2D eigenvalue weighted by molar-refractivity contribution is 0.0743. The van der Waals surface area contributed by atoms with Crippen LogP contribution < -0.4 is 5.73 Å². The molecular formula is C19H30N4O. The number of amides is 1. The lowest BCUT2D eigenvalue weighted by atomic mass is 10.1. The molecule has 2 N–H and O–H groups in total. The van der Waals surface area contributed by atoms with Crippen LogP contribution in [0.15, 0.2) is 24.3 Å². The Hall–Kier alpha value is -1.43. The van der Waals surface area contributed by atoms with Crippen LogP contribution in [0.5, 0.6) is 0 Å². The molecule has 2 aliphatic rings. The van der Waals surface area contributed by atoms with E-state index in [1.54, 1.807) is 0 Å². The summed E-state index contributed by atoms with van der Waals surface area (Å²) in [6.45, 7) is 9.04. The molecule has 0 radical (unpaired) electrons. The van der Waals surface area contributed by atoms with Gasteiger partial charge >= 0.3 is 0 Å². The molecule has 0 spiro atoms. The first kappa shape index (κ1) is 17.4. The summed E-state index contributed by atoms with van der Waals surface area (Å²) >= 11 is 0. The molecule has 2 aliphatic heterocycles. The predicted molar refractivity (Wildman–Crippen MR) is 96.9 cm³/mol. The van der Waals surface area contributed by atoms with Gasteiger partial charge in [0.25, 0.3) is 5.91 Å². The minimum absolute atomic E-state index is 0.143. The summed E-state index contributed by atoms with van der Waals surface area (Å²) < 4.78 is 0. The number of nitrogens with two attached hydrogens (primary N) is 1. The van der Waals surface area contributed by atoms with Gasteiger partial charge < -0.3 is 15.5 Å². The Morgan fingerprint density at radius 2 is 1.83 bits per heavy atom. The van der Waals surface area contributed by atoms with Crippen molar-refractivity contribution in [3.63, 3.8) is 0 Å². The second kappa shape index (κ2) is 7.64. The summed E-state index contributed by atoms with van der Waals surface area (Å²) in [6, 6.07) is 8.46. The molecule has 5 nitrogen and oxygen atoms in total. The maximum atomic E-state index is 12.7. The summed E-state index contributed by atoms with van der Waals surface area (Å²) in [5.74, 6) is 0.588. The number of likely N-dealkylation sites (tertiary alicyclic amines) is 1. The zero-order valence-electron chi connectivity index (χ0n) is 14.9. The van der Waals surface area contributed by atoms with E-state index >= 15 is 0 Å². The first-order chi connectivity index (χ1) is 11.6. The zero-order valence-corrected chi connectivity index (χ0v) is 14.9. The maximum Gasteiger partial charge on any atom is 0.254 e. The van der Waals surface area contributed by atoms with E-state index in [-0.39, 0.29) is 11.9 Å². The van der Waals surface area contributed by atoms with Crippen molar-refractivity contribution in [3.05, 3.63) is 35.4 Å². The van der Waals surface area contributed by atoms with E-state index in [2.05, 4.69) is 35.9 Å². The highest BCUT2D eigenvalue weighted by molar-refractivity contribution is 5.94. The fourth-order valence-electron chi connectivity index (χ4n) is 3.78. The van der Waals surface area contributed by atoms with Gasteiger partial charge in [-0.25, -0.2) is 0 Å². The fraction of sp³-hybridized carbons (Fsp3) is 0.632. The van der Waals surface area contributed by atoms with E-state index in [4.69, 9.17) is 5.73 Å². The van der Waals surface area contributed by atoms with Crippen LogP contribution in [-0.4, -0.2) is 73.0 Å². The number of hydrogen-bond acceptors (Lipinski definition) is 4. The number of likely N-dealkylation sites (N-methyl/N-ethyl adjacent to an activating group) is 1. The summed E-state index contributed by atoms with van der Waals surface area (Å²) in [6.07, 6.45) is 1.02. The average Bonchev–Trinajstić information content (AvgIpc) is 2.98. The summed E-state index contributed by atoms with van der Waals surface area (Å²) in [7, 11) is 2.17. The van der Waals surface area contributed by atoms with Crippen LogP contribution in [0.3, 0.4) is 0 Å². The molecule has 0 aliphatic carbocycles. The van der Waals surface area contributed by atoms with Gasteiger partial charge in [-0.15, -0.1) is 0 Å². The molecule has 5 heteroatoms. The van der Waals surface area contributed by atoms with Crippen molar-refractivity contribution in [1.29, 1.82) is 0 Å². The van der Waals surface area contributed by atoms with Gasteiger partial charge in [-0.3, -0.25) is 9.69 Å². The molecule has 0 saturated carbocycles. The van der Waals surface area contributed by atoms with Crippen molar-refractivity contribution in [2.45, 2.75) is 25.9 Å². The molecule has 3 rings (SSSR count). The molecule has 2 fully saturated rings. The largest absolute Gasteiger partial charge is 0.336 e. The first-order valence-electron chi connectivity index (χ1n) is 9.07. The molecule has 1 aromatic rings. The summed E-state index contributed by atoms with van der Waals surface area (Å²) in [5.41, 5.74) is 7.84. The van der Waals surface area contributed by atoms with Crippen LogP contribution in [0, 0.1) is 5.92 Å². The standard InChI is InChI=1S/C19H30N4O/c1-15-11-17(12-20)14-23(15)19(24)18-5-3-16(4-6-18)13-22-9-7-21(2)8-10-22/h3-6,15,17H,7-14,20H2,1-2H3. The monoisotopic (exact) mass is 330 g/mol. The predicted octanol–water partition coefficient (Wildman–Crippen LogP) is 1.24. The van der Waals surface area contributed by atoms with Gasteiger partial charge in [-0.1, -0.05) is 12.1 Å². The van der Waals surface area contributed by atoms with Crippen molar-refractivity contribution in [3.8, 4) is 0 Å². The molecule has 1 amide bonds. The van der Waals surface area contributed by atoms with E-state index in [1.807, 2.05) is 17.0 Å². The molecule has 2 atom stereocenters. The molecule has 1 aromatic carbocycles. The Balaban J connectivity index is 1.59. The van der Waals surface area contributed by atoms with E-state index in [9.17, 15) is 4.79 Å². The minimum atomic E-state index is 0.143. The molecule has 2 unspecified atom stereocenters. The van der Waals surface area contributed by atoms with Crippen LogP contribution >= 0.6 is 0 Å². The highest BCUT2D eigenvalue weighted by Crippen LogP contribution is 2.24. The number of benzene rings is 1. The van der Waals surface area contributed by atoms with E-state index in [0.29, 0.717) is 12.5 Å². The Morgan fingerprint density at radius 1 is 1.17 bits per heavy atom. The second-order valence-corrected chi connectivity index (χ2v) is 7.42. The quantitative estimate of drug-likeness (QED) is 0.903. The number of nitrogens with zero attached hydrogens (tertiary/aromatic N) is 3. The third-order valence-electron chi connectivity index (χ3n) is 5.46. The molecule has 0 bridgehead atoms. The highest BCUT2D eigenvalue weighted by atomic mass is 16.2. The van der Waals surface area contributed by atoms with Gasteiger partial charge in [-0.05, 0) is 50.6 Å². The lowest BCUT2D eigenvalue weighted by Crippen LogP contribution is -2.43. The number of carbonyl (C=O) groups excluding carboxylic acids is 1. The minimum Gasteiger partial charge on any atom is -0.336 e. The van der Waals surface area contributed by atoms with Crippen LogP contribution in [0.1, 0.15) is 29.3 Å². The smallest absolute Gasteiger partial charge is 0.254 e. The van der Waals surface area contributed by atoms with Crippen LogP contribution in [0.4, 0.5) is 0 Å². The van der Waals surface area contributed by atoms with Crippen molar-refractivity contribution in [2.24, 2.45) is 11.7 Å². The lowest BCUT2D eigenvalue weighted by Gasteiger charge is -2.32. The average molecular weight is 330 g/mol. The Bertz CT molecular complexity index is 551. The van der Waals surface area contributed by atoms with Gasteiger partial charge in [0.05, 0.1) is 0 Å². The third-order valence-corrected chi connectivity index (χ3v) is 5.46. The molecular weight excluding hydrogens is 300 g/mol. The molecule has 2 saturated heterocycles. The van der Waals surface area contributed by atoms with Crippen LogP contribution in [0.2, 0.25) is 0 Å². The SMILES string of the molecule is CC1CC(CN)CN1C(=O)c1ccc(CN2CCN(C)CC2)cc1. The number of piperazine rings is 1. The maximum absolute atomic E-state index is 12.7. The highest BCUT2D eigenvalue weighted by Gasteiger charge is 2.32. The number of rotatable bonds is 4. The van der Waals surface area contributed by atoms with Crippen molar-refractivity contribution >= 4 is 5.91 Å². The normalized spacial score (nSPS) is 26.0. The number of carbonyl (C=O) groups is 1. The fourth-order valence-corrected chi connectivity index (χ4v) is 3.78. The van der Waals surface area contributed by atoms with E-state index in [0.717, 1.165) is 51.3 Å². The zero-order chi connectivity index (χ0) is 17.1. The van der Waals surface area contributed by atoms with Gasteiger partial charge in [0.2, 0.25) is 0 Å². The Labute approximate surface area is 145 Å². The molecule has 132 valence electrons. The third kappa shape index (κ3) is 3.97. The number of hydrogen-bond donors (Lipinski definition) is 1. The van der Waals surface area contributed by atoms with Crippen molar-refractivity contribution in [1.82, 2.24) is 14.7 Å². The Morgan fingerprint density at radius 3 is 2.42 bits per heavy atom. The second-order valence-electron chi connectivity index (χ2n) is 7.42. The topological polar surface area (TPSA) is 52.8 Å². The van der Waals surface area contributed by atoms with E-state index < -0.39 is 0 Å². The van der Waals surface area contributed by atoms with Crippen molar-refractivity contribution in [2.75, 3.05) is 46.3 Å². The summed E-state index contributed by atoms with van der Waals surface area (Å²) in [5, 5.41) is 0. The van der Waals surface area contributed by atoms with E-state index in [1.165, 1.54) is 5.56 Å². The molecule has 0 aromatic heterocycles. The molecule has 2 heterocycles. The van der Waals surface area contributed by atoms with Crippen molar-refractivity contribution < 1.29 is 4.79 Å². The van der Waals surface area contributed by atoms with Gasteiger partial charge in [0.1, 0.15) is 0 Å². The Kier molecular flexibility index (Phi) is 5.54. The van der Waals surface area contributed by atoms with Gasteiger partial charge in [0, 0.05) is 50.9 Å². The van der Waals surface area contributed by atoms with Gasteiger partial charge in [0.15, 0.2) is 0 Å². The van der Waals surface area contributed by atoms with Crippen LogP contribution in [-0.2, 0) is 6.54 Å². The van der Waals surface area contributed by atoms with Gasteiger partial charge in [-0.2, -0.15) is 0 Å². The first-order valence-corrected chi connectivity index (χ1v) is 9.07.